The van der Waals surface area contributed by atoms with Gasteiger partial charge in [0.1, 0.15) is 0 Å². The molecular weight excluding hydrogens is 1660 g/mol. The van der Waals surface area contributed by atoms with E-state index in [1.807, 2.05) is 51.1 Å². The number of pyridine rings is 3. The Labute approximate surface area is 800 Å². The fourth-order valence-corrected chi connectivity index (χ4v) is 19.6. The van der Waals surface area contributed by atoms with E-state index in [-0.39, 0.29) is 5.41 Å². The van der Waals surface area contributed by atoms with E-state index in [4.69, 9.17) is 39.9 Å². The lowest BCUT2D eigenvalue weighted by atomic mass is 9.82. The first-order chi connectivity index (χ1) is 67.2. The first-order valence-corrected chi connectivity index (χ1v) is 46.7. The molecule has 0 aliphatic heterocycles. The Morgan fingerprint density at radius 1 is 0.182 bits per heavy atom. The van der Waals surface area contributed by atoms with Crippen molar-refractivity contribution < 1.29 is 0 Å². The van der Waals surface area contributed by atoms with Crippen LogP contribution in [0.3, 0.4) is 0 Å². The van der Waals surface area contributed by atoms with Gasteiger partial charge in [-0.1, -0.05) is 390 Å². The Morgan fingerprint density at radius 3 is 1.01 bits per heavy atom. The molecule has 0 N–H and O–H groups in total. The summed E-state index contributed by atoms with van der Waals surface area (Å²) in [6, 6.07) is 156. The van der Waals surface area contributed by atoms with Gasteiger partial charge in [-0.2, -0.15) is 0 Å². The molecule has 16 aromatic carbocycles. The van der Waals surface area contributed by atoms with Crippen LogP contribution in [0.5, 0.6) is 0 Å². The SMILES string of the molecule is Cc1ccc(-c2cccc(-c3nc(-c4ccc(-c5c(-c6ccccc6)cccc5-c5ccccc5)cc4)nc4ccccc34)c2)c(C)n1.Cc1ccc(-c2cccc(-c3nc(-c4cccc5c4-c4ccccc4C5(C)C)c4ccccc4n3)c2)c(C)n1.Cc1ccc(-c2cccc(-c3nc4ccccc4nc3-c3cccc(C(=C(c4ccccc4)c4ccccc4)c4ccccc4)c3)c2)c(C)n1. The lowest BCUT2D eigenvalue weighted by Crippen LogP contribution is -2.14. The Bertz CT molecular complexity index is 8240. The Morgan fingerprint density at radius 2 is 0.511 bits per heavy atom. The van der Waals surface area contributed by atoms with Gasteiger partial charge in [0.25, 0.3) is 0 Å². The second-order valence-corrected chi connectivity index (χ2v) is 35.6. The Hall–Kier alpha value is -17.3. The highest BCUT2D eigenvalue weighted by molar-refractivity contribution is 6.06. The van der Waals surface area contributed by atoms with Crippen LogP contribution in [0, 0.1) is 41.5 Å². The summed E-state index contributed by atoms with van der Waals surface area (Å²) >= 11 is 0. The molecule has 9 nitrogen and oxygen atoms in total. The van der Waals surface area contributed by atoms with Crippen LogP contribution in [0.15, 0.2) is 443 Å². The van der Waals surface area contributed by atoms with Gasteiger partial charge in [0.15, 0.2) is 11.6 Å². The fraction of sp³-hybridized carbons (Fsp3) is 0.0703. The predicted molar refractivity (Wildman–Crippen MR) is 568 cm³/mol. The number of aryl methyl sites for hydroxylation is 6. The predicted octanol–water partition coefficient (Wildman–Crippen LogP) is 32.2. The Balaban J connectivity index is 0.000000124. The highest BCUT2D eigenvalue weighted by Crippen LogP contribution is 2.53. The van der Waals surface area contributed by atoms with Gasteiger partial charge in [-0.25, -0.2) is 29.9 Å². The molecule has 0 atom stereocenters. The number of hydrogen-bond acceptors (Lipinski definition) is 9. The van der Waals surface area contributed by atoms with E-state index in [1.54, 1.807) is 0 Å². The number of para-hydroxylation sites is 4. The van der Waals surface area contributed by atoms with Gasteiger partial charge in [-0.05, 0) is 214 Å². The normalized spacial score (nSPS) is 11.7. The van der Waals surface area contributed by atoms with E-state index in [1.165, 1.54) is 55.6 Å². The van der Waals surface area contributed by atoms with E-state index in [9.17, 15) is 0 Å². The molecule has 654 valence electrons. The van der Waals surface area contributed by atoms with Crippen LogP contribution >= 0.6 is 0 Å². The topological polar surface area (TPSA) is 116 Å². The van der Waals surface area contributed by atoms with Gasteiger partial charge in [-0.15, -0.1) is 0 Å². The van der Waals surface area contributed by atoms with Gasteiger partial charge in [0.05, 0.1) is 44.8 Å². The molecule has 0 bridgehead atoms. The van der Waals surface area contributed by atoms with Gasteiger partial charge in [0, 0.05) is 100 Å². The van der Waals surface area contributed by atoms with E-state index >= 15 is 0 Å². The second-order valence-electron chi connectivity index (χ2n) is 35.6. The minimum Gasteiger partial charge on any atom is -0.258 e. The molecule has 23 rings (SSSR count). The summed E-state index contributed by atoms with van der Waals surface area (Å²) < 4.78 is 0. The number of rotatable bonds is 16. The molecule has 0 saturated carbocycles. The molecule has 1 aliphatic rings. The van der Waals surface area contributed by atoms with E-state index < -0.39 is 0 Å². The quantitative estimate of drug-likeness (QED) is 0.0872. The summed E-state index contributed by atoms with van der Waals surface area (Å²) in [5.74, 6) is 1.43. The highest BCUT2D eigenvalue weighted by Gasteiger charge is 2.37. The summed E-state index contributed by atoms with van der Waals surface area (Å²) in [5, 5.41) is 2.09. The maximum absolute atomic E-state index is 5.30. The van der Waals surface area contributed by atoms with Crippen molar-refractivity contribution in [3.63, 3.8) is 0 Å². The minimum absolute atomic E-state index is 0.0676. The first-order valence-electron chi connectivity index (χ1n) is 46.7. The fourth-order valence-electron chi connectivity index (χ4n) is 19.6. The van der Waals surface area contributed by atoms with Crippen LogP contribution in [0.25, 0.3) is 190 Å². The molecule has 0 unspecified atom stereocenters. The molecule has 0 spiro atoms. The molecule has 9 heteroatoms. The molecule has 137 heavy (non-hydrogen) atoms. The summed E-state index contributed by atoms with van der Waals surface area (Å²) in [6.45, 7) is 16.9. The number of fused-ring (bicyclic) bond motifs is 6. The van der Waals surface area contributed by atoms with Gasteiger partial charge in [0.2, 0.25) is 0 Å². The average Bonchev–Trinajstić information content (AvgIpc) is 1.57. The minimum atomic E-state index is -0.0676. The first kappa shape index (κ1) is 86.4. The van der Waals surface area contributed by atoms with E-state index in [0.717, 1.165) is 196 Å². The zero-order chi connectivity index (χ0) is 93.0. The number of nitrogens with zero attached hydrogens (tertiary/aromatic N) is 9. The standard InChI is InChI=1S/C47H35N3.C45H33N3.C36H29N3/c1-32-28-29-41(33(2)48-32)37-22-14-24-39(30-37)46-47(50-43-27-13-12-26-42(43)49-46)40-25-15-23-38(31-40)45(36-20-10-5-11-21-36)44(34-16-6-3-7-17-34)35-18-8-4-9-19-35;1-30-23-28-38(31(2)46-30)36-17-11-18-37(29-36)44-41-19-9-10-22-42(41)47-45(48-44)35-26-24-34(25-27-35)43-39(32-13-5-3-6-14-32)20-12-21-40(43)33-15-7-4-8-16-33;1-22-19-20-26(23(2)37-22)24-11-9-12-25(21-24)35-38-32-18-8-6-14-28(32)34(39-35)29-15-10-17-31-33(29)27-13-5-7-16-30(27)36(31,3)4/h3-31H,1-2H3;3-29H,1-2H3;5-21H,1-4H3. The molecule has 0 amide bonds. The molecule has 0 fully saturated rings. The van der Waals surface area contributed by atoms with Gasteiger partial charge < -0.3 is 0 Å². The number of benzene rings is 16. The van der Waals surface area contributed by atoms with Gasteiger partial charge in [-0.3, -0.25) is 15.0 Å². The van der Waals surface area contributed by atoms with Crippen LogP contribution in [0.2, 0.25) is 0 Å². The molecule has 1 aliphatic carbocycles. The van der Waals surface area contributed by atoms with Crippen molar-refractivity contribution in [1.29, 1.82) is 0 Å². The van der Waals surface area contributed by atoms with Crippen LogP contribution in [0.4, 0.5) is 0 Å². The lowest BCUT2D eigenvalue weighted by Gasteiger charge is -2.21. The Kier molecular flexibility index (Phi) is 23.8. The smallest absolute Gasteiger partial charge is 0.160 e. The summed E-state index contributed by atoms with van der Waals surface area (Å²) in [5.41, 5.74) is 45.4. The third-order valence-corrected chi connectivity index (χ3v) is 26.2. The molecular formula is C128H97N9. The van der Waals surface area contributed by atoms with Crippen molar-refractivity contribution in [2.75, 3.05) is 0 Å². The number of aromatic nitrogens is 9. The van der Waals surface area contributed by atoms with Crippen molar-refractivity contribution >= 4 is 44.0 Å². The van der Waals surface area contributed by atoms with Crippen molar-refractivity contribution in [1.82, 2.24) is 44.9 Å². The monoisotopic (exact) mass is 1760 g/mol. The highest BCUT2D eigenvalue weighted by atomic mass is 14.9. The summed E-state index contributed by atoms with van der Waals surface area (Å²) in [6.07, 6.45) is 0. The van der Waals surface area contributed by atoms with Crippen molar-refractivity contribution in [3.05, 3.63) is 510 Å². The van der Waals surface area contributed by atoms with Crippen LogP contribution in [0.1, 0.15) is 81.4 Å². The van der Waals surface area contributed by atoms with Crippen molar-refractivity contribution in [3.8, 4) is 146 Å². The molecule has 22 aromatic rings. The molecule has 0 radical (unpaired) electrons. The average molecular weight is 1760 g/mol. The van der Waals surface area contributed by atoms with Crippen molar-refractivity contribution in [2.45, 2.75) is 60.8 Å². The summed E-state index contributed by atoms with van der Waals surface area (Å²) in [4.78, 5) is 45.3. The molecule has 6 aromatic heterocycles. The van der Waals surface area contributed by atoms with Crippen LogP contribution in [-0.2, 0) is 5.41 Å². The maximum Gasteiger partial charge on any atom is 0.160 e. The van der Waals surface area contributed by atoms with E-state index in [0.29, 0.717) is 5.82 Å². The zero-order valence-electron chi connectivity index (χ0n) is 77.7. The molecule has 0 saturated heterocycles. The lowest BCUT2D eigenvalue weighted by molar-refractivity contribution is 0.660. The zero-order valence-corrected chi connectivity index (χ0v) is 77.7. The van der Waals surface area contributed by atoms with Gasteiger partial charge >= 0.3 is 0 Å². The maximum atomic E-state index is 5.30. The molecule has 6 heterocycles. The third kappa shape index (κ3) is 17.5. The largest absolute Gasteiger partial charge is 0.258 e. The van der Waals surface area contributed by atoms with E-state index in [2.05, 4.69) is 452 Å². The number of hydrogen-bond donors (Lipinski definition) is 0. The summed E-state index contributed by atoms with van der Waals surface area (Å²) in [7, 11) is 0. The van der Waals surface area contributed by atoms with Crippen LogP contribution < -0.4 is 0 Å². The third-order valence-electron chi connectivity index (χ3n) is 26.2. The van der Waals surface area contributed by atoms with Crippen LogP contribution in [-0.4, -0.2) is 44.9 Å². The van der Waals surface area contributed by atoms with Crippen molar-refractivity contribution in [2.24, 2.45) is 0 Å². The second kappa shape index (κ2) is 37.8.